The van der Waals surface area contributed by atoms with E-state index >= 15 is 0 Å². The minimum atomic E-state index is -0.295. The van der Waals surface area contributed by atoms with Crippen molar-refractivity contribution >= 4 is 5.90 Å². The van der Waals surface area contributed by atoms with Crippen LogP contribution in [0.25, 0.3) is 39.3 Å². The highest BCUT2D eigenvalue weighted by atomic mass is 16.5. The van der Waals surface area contributed by atoms with Gasteiger partial charge in [-0.1, -0.05) is 122 Å². The van der Waals surface area contributed by atoms with Crippen molar-refractivity contribution in [2.24, 2.45) is 5.10 Å². The van der Waals surface area contributed by atoms with E-state index in [2.05, 4.69) is 169 Å². The molecule has 1 aromatic heterocycles. The number of nitrogens with one attached hydrogen (secondary N) is 1. The molecule has 1 unspecified atom stereocenters. The molecule has 46 heavy (non-hydrogen) atoms. The van der Waals surface area contributed by atoms with Crippen molar-refractivity contribution in [3.8, 4) is 39.3 Å². The van der Waals surface area contributed by atoms with Crippen LogP contribution in [0.1, 0.15) is 53.8 Å². The van der Waals surface area contributed by atoms with Gasteiger partial charge in [-0.3, -0.25) is 5.43 Å². The largest absolute Gasteiger partial charge is 0.446 e. The average Bonchev–Trinajstić information content (AvgIpc) is 3.77. The monoisotopic (exact) mass is 601 g/mol. The maximum absolute atomic E-state index is 6.31. The Balaban J connectivity index is 1.19. The zero-order valence-corrected chi connectivity index (χ0v) is 26.7. The second-order valence-corrected chi connectivity index (χ2v) is 12.2. The van der Waals surface area contributed by atoms with Crippen molar-refractivity contribution in [3.63, 3.8) is 0 Å². The van der Waals surface area contributed by atoms with Crippen molar-refractivity contribution in [2.45, 2.75) is 46.3 Å². The van der Waals surface area contributed by atoms with E-state index in [1.54, 1.807) is 0 Å². The van der Waals surface area contributed by atoms with E-state index in [-0.39, 0.29) is 6.23 Å². The van der Waals surface area contributed by atoms with Gasteiger partial charge in [0.05, 0.1) is 11.4 Å². The van der Waals surface area contributed by atoms with Gasteiger partial charge in [-0.2, -0.15) is 0 Å². The summed E-state index contributed by atoms with van der Waals surface area (Å²) in [6.07, 6.45) is 3.22. The second kappa shape index (κ2) is 12.9. The van der Waals surface area contributed by atoms with Gasteiger partial charge in [0.1, 0.15) is 0 Å². The first-order valence-electron chi connectivity index (χ1n) is 16.2. The summed E-state index contributed by atoms with van der Waals surface area (Å²) in [6.45, 7) is 6.48. The summed E-state index contributed by atoms with van der Waals surface area (Å²) in [7, 11) is 0. The molecule has 2 heterocycles. The van der Waals surface area contributed by atoms with Crippen LogP contribution in [-0.2, 0) is 11.2 Å². The van der Waals surface area contributed by atoms with E-state index in [0.717, 1.165) is 45.7 Å². The summed E-state index contributed by atoms with van der Waals surface area (Å²) in [6, 6.07) is 47.9. The van der Waals surface area contributed by atoms with E-state index in [9.17, 15) is 0 Å². The molecule has 0 saturated carbocycles. The summed E-state index contributed by atoms with van der Waals surface area (Å²) < 4.78 is 8.68. The Morgan fingerprint density at radius 3 is 1.85 bits per heavy atom. The Morgan fingerprint density at radius 1 is 0.630 bits per heavy atom. The lowest BCUT2D eigenvalue weighted by Gasteiger charge is -2.16. The molecule has 4 heteroatoms. The van der Waals surface area contributed by atoms with Crippen LogP contribution in [0.2, 0.25) is 0 Å². The molecule has 0 aliphatic carbocycles. The summed E-state index contributed by atoms with van der Waals surface area (Å²) in [4.78, 5) is 0. The molecule has 0 amide bonds. The van der Waals surface area contributed by atoms with Gasteiger partial charge in [0, 0.05) is 16.8 Å². The summed E-state index contributed by atoms with van der Waals surface area (Å²) >= 11 is 0. The van der Waals surface area contributed by atoms with Crippen molar-refractivity contribution < 1.29 is 4.74 Å². The molecule has 228 valence electrons. The van der Waals surface area contributed by atoms with Gasteiger partial charge < -0.3 is 9.30 Å². The molecule has 1 N–H and O–H groups in total. The molecule has 0 saturated heterocycles. The number of hydrogen-bond donors (Lipinski definition) is 1. The van der Waals surface area contributed by atoms with Crippen molar-refractivity contribution in [1.82, 2.24) is 9.99 Å². The highest BCUT2D eigenvalue weighted by molar-refractivity contribution is 5.96. The summed E-state index contributed by atoms with van der Waals surface area (Å²) in [5, 5.41) is 4.57. The minimum Gasteiger partial charge on any atom is -0.446 e. The van der Waals surface area contributed by atoms with Gasteiger partial charge >= 0.3 is 0 Å². The fraction of sp³-hybridized carbons (Fsp3) is 0.167. The Hall–Kier alpha value is -5.35. The standard InChI is InChI=1S/C42H39N3O/c1-4-5-8-31-17-23-34(24-18-31)41-43-44-42(46-41)37-11-6-9-35(27-37)36-10-7-12-38(28-36)45-39(32-19-13-29(2)14-20-32)25-26-40(45)33-21-15-30(3)16-22-33/h6-7,9-28,41,43H,4-5,8H2,1-3H3. The molecular formula is C42H39N3O. The number of ether oxygens (including phenoxy) is 1. The normalized spacial score (nSPS) is 14.1. The minimum absolute atomic E-state index is 0.295. The third-order valence-corrected chi connectivity index (χ3v) is 8.74. The van der Waals surface area contributed by atoms with E-state index in [1.165, 1.54) is 40.7 Å². The zero-order valence-electron chi connectivity index (χ0n) is 26.7. The molecule has 4 nitrogen and oxygen atoms in total. The highest BCUT2D eigenvalue weighted by Gasteiger charge is 2.23. The average molecular weight is 602 g/mol. The molecule has 5 aromatic carbocycles. The van der Waals surface area contributed by atoms with Gasteiger partial charge in [0.25, 0.3) is 0 Å². The van der Waals surface area contributed by atoms with Crippen LogP contribution in [0.3, 0.4) is 0 Å². The van der Waals surface area contributed by atoms with Crippen molar-refractivity contribution in [3.05, 3.63) is 161 Å². The number of hydrazone groups is 1. The van der Waals surface area contributed by atoms with Crippen LogP contribution < -0.4 is 5.43 Å². The lowest BCUT2D eigenvalue weighted by atomic mass is 10.0. The maximum Gasteiger partial charge on any atom is 0.240 e. The Bertz CT molecular complexity index is 1920. The van der Waals surface area contributed by atoms with Crippen LogP contribution in [0.5, 0.6) is 0 Å². The molecule has 7 rings (SSSR count). The highest BCUT2D eigenvalue weighted by Crippen LogP contribution is 2.35. The SMILES string of the molecule is CCCCc1ccc(C2NN=C(c3cccc(-c4cccc(-n5c(-c6ccc(C)cc6)ccc5-c5ccc(C)cc5)c4)c3)O2)cc1. The predicted molar refractivity (Wildman–Crippen MR) is 190 cm³/mol. The van der Waals surface area contributed by atoms with Crippen molar-refractivity contribution in [2.75, 3.05) is 0 Å². The van der Waals surface area contributed by atoms with Crippen LogP contribution in [0, 0.1) is 13.8 Å². The fourth-order valence-electron chi connectivity index (χ4n) is 6.07. The second-order valence-electron chi connectivity index (χ2n) is 12.2. The van der Waals surface area contributed by atoms with Crippen LogP contribution in [-0.4, -0.2) is 10.5 Å². The van der Waals surface area contributed by atoms with Gasteiger partial charge in [-0.25, -0.2) is 0 Å². The smallest absolute Gasteiger partial charge is 0.240 e. The van der Waals surface area contributed by atoms with Gasteiger partial charge in [0.2, 0.25) is 12.1 Å². The van der Waals surface area contributed by atoms with E-state index in [4.69, 9.17) is 4.74 Å². The van der Waals surface area contributed by atoms with E-state index in [0.29, 0.717) is 5.90 Å². The fourth-order valence-corrected chi connectivity index (χ4v) is 6.07. The van der Waals surface area contributed by atoms with Gasteiger partial charge in [0.15, 0.2) is 0 Å². The summed E-state index contributed by atoms with van der Waals surface area (Å²) in [5.74, 6) is 0.604. The third kappa shape index (κ3) is 6.12. The Labute approximate surface area is 272 Å². The molecule has 0 radical (unpaired) electrons. The number of nitrogens with zero attached hydrogens (tertiary/aromatic N) is 2. The quantitative estimate of drug-likeness (QED) is 0.179. The molecule has 0 fully saturated rings. The first-order valence-corrected chi connectivity index (χ1v) is 16.2. The predicted octanol–water partition coefficient (Wildman–Crippen LogP) is 10.4. The number of aryl methyl sites for hydroxylation is 3. The third-order valence-electron chi connectivity index (χ3n) is 8.74. The number of hydrogen-bond acceptors (Lipinski definition) is 3. The van der Waals surface area contributed by atoms with Crippen molar-refractivity contribution in [1.29, 1.82) is 0 Å². The van der Waals surface area contributed by atoms with Gasteiger partial charge in [-0.05, 0) is 90.9 Å². The lowest BCUT2D eigenvalue weighted by Crippen LogP contribution is -2.12. The molecule has 1 aliphatic rings. The topological polar surface area (TPSA) is 38.5 Å². The molecular weight excluding hydrogens is 562 g/mol. The number of unbranched alkanes of at least 4 members (excludes halogenated alkanes) is 1. The van der Waals surface area contributed by atoms with Crippen LogP contribution in [0.15, 0.2) is 139 Å². The summed E-state index contributed by atoms with van der Waals surface area (Å²) in [5.41, 5.74) is 17.1. The maximum atomic E-state index is 6.31. The number of rotatable bonds is 9. The molecule has 1 aliphatic heterocycles. The Morgan fingerprint density at radius 2 is 1.22 bits per heavy atom. The van der Waals surface area contributed by atoms with Crippen LogP contribution in [0.4, 0.5) is 0 Å². The lowest BCUT2D eigenvalue weighted by molar-refractivity contribution is 0.192. The van der Waals surface area contributed by atoms with Crippen LogP contribution >= 0.6 is 0 Å². The molecule has 1 atom stereocenters. The first kappa shape index (κ1) is 29.4. The Kier molecular flexibility index (Phi) is 8.26. The molecule has 0 spiro atoms. The number of aromatic nitrogens is 1. The molecule has 0 bridgehead atoms. The number of benzene rings is 5. The van der Waals surface area contributed by atoms with E-state index in [1.807, 2.05) is 0 Å². The van der Waals surface area contributed by atoms with E-state index < -0.39 is 0 Å². The zero-order chi connectivity index (χ0) is 31.5. The molecule has 6 aromatic rings. The first-order chi connectivity index (χ1) is 22.6. The van der Waals surface area contributed by atoms with Gasteiger partial charge in [-0.15, -0.1) is 5.10 Å².